The summed E-state index contributed by atoms with van der Waals surface area (Å²) >= 11 is 0. The first kappa shape index (κ1) is 16.2. The van der Waals surface area contributed by atoms with Crippen molar-refractivity contribution < 1.29 is 14.2 Å². The van der Waals surface area contributed by atoms with E-state index in [0.29, 0.717) is 17.2 Å². The van der Waals surface area contributed by atoms with Gasteiger partial charge >= 0.3 is 0 Å². The van der Waals surface area contributed by atoms with Crippen molar-refractivity contribution in [1.82, 2.24) is 19.4 Å². The average molecular weight is 344 g/mol. The Morgan fingerprint density at radius 2 is 1.96 bits per heavy atom. The second-order valence-electron chi connectivity index (χ2n) is 6.50. The van der Waals surface area contributed by atoms with Gasteiger partial charge in [0.05, 0.1) is 7.11 Å². The first-order valence-corrected chi connectivity index (χ1v) is 8.64. The molecule has 1 saturated heterocycles. The minimum absolute atomic E-state index is 0.229. The van der Waals surface area contributed by atoms with Gasteiger partial charge in [0.2, 0.25) is 12.5 Å². The molecular weight excluding hydrogens is 320 g/mol. The lowest BCUT2D eigenvalue weighted by Crippen LogP contribution is -2.45. The van der Waals surface area contributed by atoms with Crippen LogP contribution in [0.1, 0.15) is 0 Å². The zero-order valence-electron chi connectivity index (χ0n) is 14.8. The minimum Gasteiger partial charge on any atom is -0.493 e. The maximum atomic E-state index is 5.53. The molecule has 1 fully saturated rings. The summed E-state index contributed by atoms with van der Waals surface area (Å²) < 4.78 is 18.6. The molecule has 0 N–H and O–H groups in total. The van der Waals surface area contributed by atoms with Crippen LogP contribution in [0.3, 0.4) is 0 Å². The van der Waals surface area contributed by atoms with Crippen LogP contribution in [-0.2, 0) is 6.54 Å². The van der Waals surface area contributed by atoms with Gasteiger partial charge in [-0.3, -0.25) is 4.90 Å². The number of imidazole rings is 1. The summed E-state index contributed by atoms with van der Waals surface area (Å²) in [6.45, 7) is 6.69. The molecule has 0 radical (unpaired) electrons. The maximum absolute atomic E-state index is 5.53. The molecule has 25 heavy (non-hydrogen) atoms. The quantitative estimate of drug-likeness (QED) is 0.820. The Morgan fingerprint density at radius 3 is 2.76 bits per heavy atom. The largest absolute Gasteiger partial charge is 0.493 e. The van der Waals surface area contributed by atoms with Gasteiger partial charge in [-0.25, -0.2) is 4.98 Å². The van der Waals surface area contributed by atoms with Gasteiger partial charge in [-0.1, -0.05) is 0 Å². The van der Waals surface area contributed by atoms with Crippen molar-refractivity contribution in [1.29, 1.82) is 0 Å². The lowest BCUT2D eigenvalue weighted by Gasteiger charge is -2.32. The first-order chi connectivity index (χ1) is 12.2. The topological polar surface area (TPSA) is 52.0 Å². The molecule has 134 valence electrons. The van der Waals surface area contributed by atoms with Gasteiger partial charge in [0.25, 0.3) is 0 Å². The summed E-state index contributed by atoms with van der Waals surface area (Å²) in [5.41, 5.74) is 0.976. The van der Waals surface area contributed by atoms with E-state index in [1.54, 1.807) is 7.11 Å². The van der Waals surface area contributed by atoms with Crippen LogP contribution in [0, 0.1) is 0 Å². The van der Waals surface area contributed by atoms with Gasteiger partial charge in [0, 0.05) is 57.2 Å². The SMILES string of the molecule is COc1cc(-c2nccn2CCN2CCN(C)CC2)cc2c1OCO2. The number of rotatable bonds is 5. The Balaban J connectivity index is 1.52. The van der Waals surface area contributed by atoms with Crippen molar-refractivity contribution in [2.24, 2.45) is 0 Å². The van der Waals surface area contributed by atoms with Crippen molar-refractivity contribution in [2.45, 2.75) is 6.54 Å². The van der Waals surface area contributed by atoms with Crippen LogP contribution >= 0.6 is 0 Å². The average Bonchev–Trinajstić information content (AvgIpc) is 3.29. The molecule has 2 aliphatic heterocycles. The number of aromatic nitrogens is 2. The molecule has 0 aliphatic carbocycles. The van der Waals surface area contributed by atoms with E-state index in [1.807, 2.05) is 24.5 Å². The summed E-state index contributed by atoms with van der Waals surface area (Å²) in [7, 11) is 3.82. The monoisotopic (exact) mass is 344 g/mol. The van der Waals surface area contributed by atoms with Crippen LogP contribution in [0.25, 0.3) is 11.4 Å². The minimum atomic E-state index is 0.229. The molecule has 4 rings (SSSR count). The Morgan fingerprint density at radius 1 is 1.12 bits per heavy atom. The number of likely N-dealkylation sites (N-methyl/N-ethyl adjacent to an activating group) is 1. The number of fused-ring (bicyclic) bond motifs is 1. The van der Waals surface area contributed by atoms with E-state index in [9.17, 15) is 0 Å². The second-order valence-corrected chi connectivity index (χ2v) is 6.50. The van der Waals surface area contributed by atoms with Gasteiger partial charge in [0.15, 0.2) is 11.5 Å². The fourth-order valence-electron chi connectivity index (χ4n) is 3.33. The zero-order valence-corrected chi connectivity index (χ0v) is 14.8. The van der Waals surface area contributed by atoms with Crippen LogP contribution in [0.2, 0.25) is 0 Å². The third-order valence-electron chi connectivity index (χ3n) is 4.89. The highest BCUT2D eigenvalue weighted by atomic mass is 16.7. The highest BCUT2D eigenvalue weighted by molar-refractivity contribution is 5.67. The van der Waals surface area contributed by atoms with E-state index in [1.165, 1.54) is 0 Å². The predicted octanol–water partition coefficient (Wildman–Crippen LogP) is 1.53. The van der Waals surface area contributed by atoms with Crippen molar-refractivity contribution in [3.05, 3.63) is 24.5 Å². The number of benzene rings is 1. The second kappa shape index (κ2) is 6.93. The summed E-state index contributed by atoms with van der Waals surface area (Å²) in [5, 5.41) is 0. The lowest BCUT2D eigenvalue weighted by atomic mass is 10.1. The summed E-state index contributed by atoms with van der Waals surface area (Å²) in [6.07, 6.45) is 3.87. The van der Waals surface area contributed by atoms with Crippen molar-refractivity contribution in [2.75, 3.05) is 53.7 Å². The molecule has 1 aromatic carbocycles. The Labute approximate surface area is 147 Å². The van der Waals surface area contributed by atoms with Crippen LogP contribution in [0.4, 0.5) is 0 Å². The van der Waals surface area contributed by atoms with E-state index in [4.69, 9.17) is 14.2 Å². The Hall–Kier alpha value is -2.25. The Bertz CT molecular complexity index is 738. The number of hydrogen-bond acceptors (Lipinski definition) is 6. The maximum Gasteiger partial charge on any atom is 0.231 e. The van der Waals surface area contributed by atoms with Crippen molar-refractivity contribution >= 4 is 0 Å². The molecule has 0 bridgehead atoms. The molecule has 7 nitrogen and oxygen atoms in total. The van der Waals surface area contributed by atoms with Gasteiger partial charge in [-0.15, -0.1) is 0 Å². The number of ether oxygens (including phenoxy) is 3. The summed E-state index contributed by atoms with van der Waals surface area (Å²) in [5.74, 6) is 2.98. The van der Waals surface area contributed by atoms with E-state index in [0.717, 1.165) is 50.7 Å². The molecule has 0 spiro atoms. The molecule has 0 saturated carbocycles. The summed E-state index contributed by atoms with van der Waals surface area (Å²) in [4.78, 5) is 9.42. The van der Waals surface area contributed by atoms with Gasteiger partial charge in [-0.2, -0.15) is 0 Å². The highest BCUT2D eigenvalue weighted by Gasteiger charge is 2.22. The predicted molar refractivity (Wildman–Crippen MR) is 94.3 cm³/mol. The van der Waals surface area contributed by atoms with Crippen LogP contribution in [0.15, 0.2) is 24.5 Å². The molecule has 2 aliphatic rings. The molecule has 2 aromatic rings. The summed E-state index contributed by atoms with van der Waals surface area (Å²) in [6, 6.07) is 3.93. The van der Waals surface area contributed by atoms with Gasteiger partial charge < -0.3 is 23.7 Å². The first-order valence-electron chi connectivity index (χ1n) is 8.64. The molecule has 0 amide bonds. The number of nitrogens with zero attached hydrogens (tertiary/aromatic N) is 4. The zero-order chi connectivity index (χ0) is 17.2. The van der Waals surface area contributed by atoms with Crippen molar-refractivity contribution in [3.63, 3.8) is 0 Å². The highest BCUT2D eigenvalue weighted by Crippen LogP contribution is 2.43. The van der Waals surface area contributed by atoms with Crippen LogP contribution in [-0.4, -0.2) is 73.0 Å². The standard InChI is InChI=1S/C18H24N4O3/c1-20-5-7-21(8-6-20)9-10-22-4-3-19-18(22)14-11-15(23-2)17-16(12-14)24-13-25-17/h3-4,11-12H,5-10,13H2,1-2H3. The molecule has 1 aromatic heterocycles. The molecule has 0 unspecified atom stereocenters. The molecule has 0 atom stereocenters. The van der Waals surface area contributed by atoms with E-state index < -0.39 is 0 Å². The van der Waals surface area contributed by atoms with E-state index in [2.05, 4.69) is 26.4 Å². The third-order valence-corrected chi connectivity index (χ3v) is 4.89. The number of hydrogen-bond donors (Lipinski definition) is 0. The molecule has 7 heteroatoms. The molecular formula is C18H24N4O3. The number of methoxy groups -OCH3 is 1. The van der Waals surface area contributed by atoms with E-state index >= 15 is 0 Å². The van der Waals surface area contributed by atoms with Crippen molar-refractivity contribution in [3.8, 4) is 28.6 Å². The van der Waals surface area contributed by atoms with Crippen LogP contribution in [0.5, 0.6) is 17.2 Å². The van der Waals surface area contributed by atoms with Gasteiger partial charge in [-0.05, 0) is 19.2 Å². The normalized spacial score (nSPS) is 17.8. The Kier molecular flexibility index (Phi) is 4.50. The molecule has 3 heterocycles. The fraction of sp³-hybridized carbons (Fsp3) is 0.500. The van der Waals surface area contributed by atoms with Gasteiger partial charge in [0.1, 0.15) is 5.82 Å². The smallest absolute Gasteiger partial charge is 0.231 e. The third kappa shape index (κ3) is 3.29. The number of piperazine rings is 1. The lowest BCUT2D eigenvalue weighted by molar-refractivity contribution is 0.150. The van der Waals surface area contributed by atoms with Crippen LogP contribution < -0.4 is 14.2 Å². The van der Waals surface area contributed by atoms with E-state index in [-0.39, 0.29) is 6.79 Å². The fourth-order valence-corrected chi connectivity index (χ4v) is 3.33.